The highest BCUT2D eigenvalue weighted by atomic mass is 16.5. The quantitative estimate of drug-likeness (QED) is 0.295. The van der Waals surface area contributed by atoms with E-state index in [0.717, 1.165) is 0 Å². The first-order valence-electron chi connectivity index (χ1n) is 6.91. The number of rotatable bonds is 9. The summed E-state index contributed by atoms with van der Waals surface area (Å²) in [5.74, 6) is 0.150. The highest BCUT2D eigenvalue weighted by Gasteiger charge is 2.09. The number of para-hydroxylation sites is 1. The molecule has 2 N–H and O–H groups in total. The highest BCUT2D eigenvalue weighted by molar-refractivity contribution is 5.97. The third kappa shape index (κ3) is 6.35. The van der Waals surface area contributed by atoms with Crippen LogP contribution in [0, 0.1) is 0 Å². The van der Waals surface area contributed by atoms with Crippen LogP contribution in [0.4, 0.5) is 0 Å². The number of hydrogen-bond acceptors (Lipinski definition) is 6. The van der Waals surface area contributed by atoms with Gasteiger partial charge in [-0.3, -0.25) is 9.59 Å². The van der Waals surface area contributed by atoms with E-state index in [9.17, 15) is 9.59 Å². The van der Waals surface area contributed by atoms with Crippen LogP contribution in [0.15, 0.2) is 23.3 Å². The van der Waals surface area contributed by atoms with Gasteiger partial charge < -0.3 is 19.5 Å². The number of hydrogen-bond donors (Lipinski definition) is 2. The summed E-state index contributed by atoms with van der Waals surface area (Å²) in [6.45, 7) is 0.744. The first-order chi connectivity index (χ1) is 11.1. The zero-order valence-corrected chi connectivity index (χ0v) is 13.4. The molecule has 0 aliphatic carbocycles. The molecule has 8 nitrogen and oxygen atoms in total. The fourth-order valence-corrected chi connectivity index (χ4v) is 1.73. The van der Waals surface area contributed by atoms with Crippen molar-refractivity contribution in [2.24, 2.45) is 5.10 Å². The summed E-state index contributed by atoms with van der Waals surface area (Å²) < 4.78 is 15.2. The maximum Gasteiger partial charge on any atom is 0.249 e. The molecular formula is C15H21N3O5. The topological polar surface area (TPSA) is 98.2 Å². The van der Waals surface area contributed by atoms with E-state index < -0.39 is 11.8 Å². The molecule has 0 heterocycles. The second kappa shape index (κ2) is 10.2. The SMILES string of the molecule is COCCNC(=O)CC(=O)N/N=C\c1cccc(OC)c1OC. The van der Waals surface area contributed by atoms with Crippen LogP contribution in [-0.2, 0) is 14.3 Å². The van der Waals surface area contributed by atoms with Crippen molar-refractivity contribution >= 4 is 18.0 Å². The van der Waals surface area contributed by atoms with Crippen molar-refractivity contribution in [3.05, 3.63) is 23.8 Å². The van der Waals surface area contributed by atoms with Gasteiger partial charge in [-0.25, -0.2) is 5.43 Å². The first kappa shape index (κ1) is 18.4. The molecule has 0 saturated heterocycles. The van der Waals surface area contributed by atoms with Crippen LogP contribution < -0.4 is 20.2 Å². The maximum absolute atomic E-state index is 11.6. The van der Waals surface area contributed by atoms with Gasteiger partial charge in [-0.15, -0.1) is 0 Å². The Labute approximate surface area is 134 Å². The Bertz CT molecular complexity index is 560. The second-order valence-electron chi connectivity index (χ2n) is 4.40. The number of amides is 2. The number of ether oxygens (including phenoxy) is 3. The van der Waals surface area contributed by atoms with Crippen LogP contribution >= 0.6 is 0 Å². The van der Waals surface area contributed by atoms with E-state index in [4.69, 9.17) is 14.2 Å². The summed E-state index contributed by atoms with van der Waals surface area (Å²) in [6, 6.07) is 5.28. The van der Waals surface area contributed by atoms with Gasteiger partial charge >= 0.3 is 0 Å². The van der Waals surface area contributed by atoms with Crippen LogP contribution in [0.5, 0.6) is 11.5 Å². The number of benzene rings is 1. The zero-order valence-electron chi connectivity index (χ0n) is 13.4. The Kier molecular flexibility index (Phi) is 8.16. The van der Waals surface area contributed by atoms with Gasteiger partial charge in [0, 0.05) is 19.2 Å². The number of carbonyl (C=O) groups excluding carboxylic acids is 2. The first-order valence-corrected chi connectivity index (χ1v) is 6.91. The van der Waals surface area contributed by atoms with Crippen molar-refractivity contribution in [3.8, 4) is 11.5 Å². The highest BCUT2D eigenvalue weighted by Crippen LogP contribution is 2.29. The molecule has 126 valence electrons. The van der Waals surface area contributed by atoms with E-state index in [0.29, 0.717) is 30.2 Å². The normalized spacial score (nSPS) is 10.4. The van der Waals surface area contributed by atoms with Gasteiger partial charge in [0.15, 0.2) is 11.5 Å². The van der Waals surface area contributed by atoms with Crippen LogP contribution in [-0.4, -0.2) is 52.5 Å². The number of nitrogens with zero attached hydrogens (tertiary/aromatic N) is 1. The van der Waals surface area contributed by atoms with Crippen molar-refractivity contribution in [1.82, 2.24) is 10.7 Å². The molecule has 0 bridgehead atoms. The number of methoxy groups -OCH3 is 3. The third-order valence-electron chi connectivity index (χ3n) is 2.78. The van der Waals surface area contributed by atoms with Gasteiger partial charge in [-0.2, -0.15) is 5.10 Å². The lowest BCUT2D eigenvalue weighted by Crippen LogP contribution is -2.31. The largest absolute Gasteiger partial charge is 0.493 e. The smallest absolute Gasteiger partial charge is 0.249 e. The van der Waals surface area contributed by atoms with Crippen LogP contribution in [0.3, 0.4) is 0 Å². The van der Waals surface area contributed by atoms with Gasteiger partial charge in [0.1, 0.15) is 6.42 Å². The minimum absolute atomic E-state index is 0.309. The van der Waals surface area contributed by atoms with E-state index in [1.807, 2.05) is 0 Å². The van der Waals surface area contributed by atoms with Gasteiger partial charge in [-0.1, -0.05) is 6.07 Å². The number of carbonyl (C=O) groups is 2. The molecule has 0 saturated carbocycles. The molecular weight excluding hydrogens is 302 g/mol. The molecule has 0 spiro atoms. The van der Waals surface area contributed by atoms with Gasteiger partial charge in [0.2, 0.25) is 11.8 Å². The van der Waals surface area contributed by atoms with E-state index in [-0.39, 0.29) is 6.42 Å². The van der Waals surface area contributed by atoms with E-state index in [1.165, 1.54) is 27.5 Å². The lowest BCUT2D eigenvalue weighted by Gasteiger charge is -2.09. The summed E-state index contributed by atoms with van der Waals surface area (Å²) >= 11 is 0. The lowest BCUT2D eigenvalue weighted by atomic mass is 10.2. The van der Waals surface area contributed by atoms with Crippen molar-refractivity contribution in [2.75, 3.05) is 34.5 Å². The summed E-state index contributed by atoms with van der Waals surface area (Å²) in [5.41, 5.74) is 2.92. The Morgan fingerprint density at radius 1 is 1.17 bits per heavy atom. The van der Waals surface area contributed by atoms with E-state index in [1.54, 1.807) is 18.2 Å². The van der Waals surface area contributed by atoms with E-state index in [2.05, 4.69) is 15.8 Å². The molecule has 2 amide bonds. The van der Waals surface area contributed by atoms with Crippen molar-refractivity contribution in [2.45, 2.75) is 6.42 Å². The van der Waals surface area contributed by atoms with Gasteiger partial charge in [-0.05, 0) is 12.1 Å². The number of nitrogens with one attached hydrogen (secondary N) is 2. The minimum Gasteiger partial charge on any atom is -0.493 e. The molecule has 0 aliphatic heterocycles. The standard InChI is InChI=1S/C15H21N3O5/c1-21-8-7-16-13(19)9-14(20)18-17-10-11-5-4-6-12(22-2)15(11)23-3/h4-6,10H,7-9H2,1-3H3,(H,16,19)(H,18,20)/b17-10-. The zero-order chi connectivity index (χ0) is 17.1. The van der Waals surface area contributed by atoms with Crippen LogP contribution in [0.1, 0.15) is 12.0 Å². The molecule has 0 unspecified atom stereocenters. The van der Waals surface area contributed by atoms with Gasteiger partial charge in [0.05, 0.1) is 27.0 Å². The second-order valence-corrected chi connectivity index (χ2v) is 4.40. The molecule has 0 atom stereocenters. The fourth-order valence-electron chi connectivity index (χ4n) is 1.73. The number of hydrazone groups is 1. The maximum atomic E-state index is 11.6. The van der Waals surface area contributed by atoms with Crippen LogP contribution in [0.25, 0.3) is 0 Å². The molecule has 0 radical (unpaired) electrons. The summed E-state index contributed by atoms with van der Waals surface area (Å²) in [5, 5.41) is 6.35. The lowest BCUT2D eigenvalue weighted by molar-refractivity contribution is -0.129. The van der Waals surface area contributed by atoms with Crippen molar-refractivity contribution in [1.29, 1.82) is 0 Å². The Morgan fingerprint density at radius 3 is 2.61 bits per heavy atom. The van der Waals surface area contributed by atoms with Crippen molar-refractivity contribution < 1.29 is 23.8 Å². The monoisotopic (exact) mass is 323 g/mol. The Morgan fingerprint density at radius 2 is 1.96 bits per heavy atom. The molecule has 8 heteroatoms. The minimum atomic E-state index is -0.516. The Balaban J connectivity index is 2.53. The summed E-state index contributed by atoms with van der Waals surface area (Å²) in [7, 11) is 4.57. The molecule has 1 rings (SSSR count). The summed E-state index contributed by atoms with van der Waals surface area (Å²) in [4.78, 5) is 23.0. The molecule has 0 aliphatic rings. The van der Waals surface area contributed by atoms with Crippen LogP contribution in [0.2, 0.25) is 0 Å². The Hall–Kier alpha value is -2.61. The predicted octanol–water partition coefficient (Wildman–Crippen LogP) is 0.307. The molecule has 0 aromatic heterocycles. The van der Waals surface area contributed by atoms with Gasteiger partial charge in [0.25, 0.3) is 0 Å². The fraction of sp³-hybridized carbons (Fsp3) is 0.400. The molecule has 1 aromatic rings. The average molecular weight is 323 g/mol. The molecule has 23 heavy (non-hydrogen) atoms. The molecule has 0 fully saturated rings. The third-order valence-corrected chi connectivity index (χ3v) is 2.78. The molecule has 1 aromatic carbocycles. The predicted molar refractivity (Wildman–Crippen MR) is 84.8 cm³/mol. The van der Waals surface area contributed by atoms with E-state index >= 15 is 0 Å². The van der Waals surface area contributed by atoms with Crippen molar-refractivity contribution in [3.63, 3.8) is 0 Å². The average Bonchev–Trinajstić information content (AvgIpc) is 2.54. The summed E-state index contributed by atoms with van der Waals surface area (Å²) in [6.07, 6.45) is 1.11.